The summed E-state index contributed by atoms with van der Waals surface area (Å²) in [6.07, 6.45) is 8.55. The number of nitrogens with zero attached hydrogens (tertiary/aromatic N) is 3. The number of rotatable bonds is 6. The molecule has 2 N–H and O–H groups in total. The van der Waals surface area contributed by atoms with Crippen molar-refractivity contribution >= 4 is 16.6 Å². The van der Waals surface area contributed by atoms with Crippen molar-refractivity contribution in [3.63, 3.8) is 0 Å². The van der Waals surface area contributed by atoms with Crippen molar-refractivity contribution in [2.45, 2.75) is 38.5 Å². The van der Waals surface area contributed by atoms with E-state index in [0.717, 1.165) is 18.7 Å². The molecule has 5 nitrogen and oxygen atoms in total. The zero-order valence-corrected chi connectivity index (χ0v) is 18.9. The van der Waals surface area contributed by atoms with Gasteiger partial charge in [0.15, 0.2) is 0 Å². The molecule has 1 fully saturated rings. The Bertz CT molecular complexity index is 1180. The zero-order chi connectivity index (χ0) is 21.4. The summed E-state index contributed by atoms with van der Waals surface area (Å²) in [4.78, 5) is 10.7. The summed E-state index contributed by atoms with van der Waals surface area (Å²) in [5, 5.41) is 4.65. The molecule has 5 heteroatoms. The number of fused-ring (bicyclic) bond motifs is 2. The van der Waals surface area contributed by atoms with Gasteiger partial charge in [-0.1, -0.05) is 19.9 Å². The molecule has 0 saturated carbocycles. The second kappa shape index (κ2) is 8.48. The Labute approximate surface area is 184 Å². The van der Waals surface area contributed by atoms with E-state index in [1.54, 1.807) is 0 Å². The molecular formula is C26H33N5. The fourth-order valence-electron chi connectivity index (χ4n) is 5.14. The normalized spacial score (nSPS) is 16.1. The Balaban J connectivity index is 1.48. The molecule has 0 radical (unpaired) electrons. The molecule has 1 aliphatic rings. The number of benzene rings is 1. The lowest BCUT2D eigenvalue weighted by Crippen LogP contribution is -2.37. The summed E-state index contributed by atoms with van der Waals surface area (Å²) in [7, 11) is 2.03. The number of aromatic amines is 1. The molecule has 0 bridgehead atoms. The van der Waals surface area contributed by atoms with E-state index < -0.39 is 0 Å². The number of piperidine rings is 1. The summed E-state index contributed by atoms with van der Waals surface area (Å²) in [5.74, 6) is 1.11. The molecule has 162 valence electrons. The van der Waals surface area contributed by atoms with Crippen molar-refractivity contribution in [3.8, 4) is 11.3 Å². The Kier molecular flexibility index (Phi) is 5.55. The highest BCUT2D eigenvalue weighted by Gasteiger charge is 2.22. The molecule has 4 heterocycles. The van der Waals surface area contributed by atoms with Gasteiger partial charge >= 0.3 is 0 Å². The Morgan fingerprint density at radius 2 is 2.00 bits per heavy atom. The second-order valence-corrected chi connectivity index (χ2v) is 9.20. The molecule has 3 aromatic heterocycles. The number of hydrogen-bond acceptors (Lipinski definition) is 3. The number of likely N-dealkylation sites (N-methyl/N-ethyl adjacent to an activating group) is 1. The van der Waals surface area contributed by atoms with Crippen LogP contribution in [0, 0.1) is 0 Å². The van der Waals surface area contributed by atoms with E-state index in [-0.39, 0.29) is 0 Å². The van der Waals surface area contributed by atoms with Gasteiger partial charge in [-0.05, 0) is 80.2 Å². The van der Waals surface area contributed by atoms with Gasteiger partial charge < -0.3 is 19.6 Å². The van der Waals surface area contributed by atoms with Crippen LogP contribution in [0.15, 0.2) is 48.9 Å². The first-order chi connectivity index (χ1) is 15.1. The average Bonchev–Trinajstić information content (AvgIpc) is 3.41. The molecule has 0 unspecified atom stereocenters. The average molecular weight is 416 g/mol. The molecule has 1 aromatic carbocycles. The van der Waals surface area contributed by atoms with Gasteiger partial charge in [0.05, 0.1) is 5.69 Å². The van der Waals surface area contributed by atoms with Crippen LogP contribution in [0.25, 0.3) is 27.8 Å². The molecule has 4 aromatic rings. The molecule has 0 atom stereocenters. The van der Waals surface area contributed by atoms with Crippen LogP contribution < -0.4 is 5.32 Å². The minimum atomic E-state index is 0.445. The number of aromatic nitrogens is 3. The van der Waals surface area contributed by atoms with Crippen molar-refractivity contribution in [2.24, 2.45) is 0 Å². The van der Waals surface area contributed by atoms with E-state index in [4.69, 9.17) is 0 Å². The molecule has 31 heavy (non-hydrogen) atoms. The highest BCUT2D eigenvalue weighted by molar-refractivity contribution is 5.92. The van der Waals surface area contributed by atoms with E-state index in [2.05, 4.69) is 75.0 Å². The fraction of sp³-hybridized carbons (Fsp3) is 0.423. The van der Waals surface area contributed by atoms with Crippen LogP contribution in [0.4, 0.5) is 0 Å². The van der Waals surface area contributed by atoms with E-state index >= 15 is 0 Å². The van der Waals surface area contributed by atoms with Crippen molar-refractivity contribution in [3.05, 3.63) is 60.0 Å². The van der Waals surface area contributed by atoms with Gasteiger partial charge in [0.2, 0.25) is 0 Å². The van der Waals surface area contributed by atoms with Crippen LogP contribution in [0.3, 0.4) is 0 Å². The van der Waals surface area contributed by atoms with Crippen LogP contribution in [-0.4, -0.2) is 52.5 Å². The van der Waals surface area contributed by atoms with Crippen molar-refractivity contribution in [2.75, 3.05) is 33.2 Å². The predicted molar refractivity (Wildman–Crippen MR) is 129 cm³/mol. The number of nitrogens with one attached hydrogen (secondary N) is 2. The monoisotopic (exact) mass is 415 g/mol. The Morgan fingerprint density at radius 3 is 2.77 bits per heavy atom. The molecule has 0 spiro atoms. The lowest BCUT2D eigenvalue weighted by molar-refractivity contribution is 0.214. The van der Waals surface area contributed by atoms with Crippen molar-refractivity contribution in [1.82, 2.24) is 24.6 Å². The largest absolute Gasteiger partial charge is 0.354 e. The summed E-state index contributed by atoms with van der Waals surface area (Å²) in [6, 6.07) is 11.4. The third-order valence-corrected chi connectivity index (χ3v) is 6.85. The first kappa shape index (κ1) is 20.3. The highest BCUT2D eigenvalue weighted by Crippen LogP contribution is 2.38. The van der Waals surface area contributed by atoms with Gasteiger partial charge in [0.25, 0.3) is 0 Å². The summed E-state index contributed by atoms with van der Waals surface area (Å²) in [5.41, 5.74) is 7.58. The van der Waals surface area contributed by atoms with Crippen LogP contribution in [0.5, 0.6) is 0 Å². The van der Waals surface area contributed by atoms with Gasteiger partial charge in [0.1, 0.15) is 5.65 Å². The van der Waals surface area contributed by atoms with Gasteiger partial charge in [-0.25, -0.2) is 4.98 Å². The minimum Gasteiger partial charge on any atom is -0.354 e. The molecule has 1 saturated heterocycles. The Hall–Kier alpha value is -2.63. The number of imidazole rings is 1. The zero-order valence-electron chi connectivity index (χ0n) is 18.9. The maximum Gasteiger partial charge on any atom is 0.136 e. The van der Waals surface area contributed by atoms with Crippen LogP contribution in [-0.2, 0) is 0 Å². The number of pyridine rings is 1. The maximum absolute atomic E-state index is 4.38. The lowest BCUT2D eigenvalue weighted by atomic mass is 9.87. The SMILES string of the molecule is CNCCN1CCC(c2ccc3[nH]c(-c4ccc5nccn5c4)c(C(C)C)c3c2)CC1. The first-order valence-corrected chi connectivity index (χ1v) is 11.6. The minimum absolute atomic E-state index is 0.445. The maximum atomic E-state index is 4.38. The summed E-state index contributed by atoms with van der Waals surface area (Å²) < 4.78 is 2.10. The van der Waals surface area contributed by atoms with Gasteiger partial charge in [0, 0.05) is 48.1 Å². The van der Waals surface area contributed by atoms with Gasteiger partial charge in [-0.3, -0.25) is 0 Å². The number of likely N-dealkylation sites (tertiary alicyclic amines) is 1. The molecule has 0 amide bonds. The number of hydrogen-bond donors (Lipinski definition) is 2. The third-order valence-electron chi connectivity index (χ3n) is 6.85. The predicted octanol–water partition coefficient (Wildman–Crippen LogP) is 5.00. The van der Waals surface area contributed by atoms with Crippen LogP contribution in [0.2, 0.25) is 0 Å². The summed E-state index contributed by atoms with van der Waals surface area (Å²) in [6.45, 7) is 9.23. The lowest BCUT2D eigenvalue weighted by Gasteiger charge is -2.32. The molecule has 5 rings (SSSR count). The fourth-order valence-corrected chi connectivity index (χ4v) is 5.14. The van der Waals surface area contributed by atoms with Crippen molar-refractivity contribution in [1.29, 1.82) is 0 Å². The smallest absolute Gasteiger partial charge is 0.136 e. The first-order valence-electron chi connectivity index (χ1n) is 11.6. The van der Waals surface area contributed by atoms with Crippen LogP contribution in [0.1, 0.15) is 49.7 Å². The van der Waals surface area contributed by atoms with E-state index in [1.165, 1.54) is 59.2 Å². The van der Waals surface area contributed by atoms with Gasteiger partial charge in [-0.15, -0.1) is 0 Å². The molecule has 1 aliphatic heterocycles. The number of H-pyrrole nitrogens is 1. The highest BCUT2D eigenvalue weighted by atomic mass is 15.1. The summed E-state index contributed by atoms with van der Waals surface area (Å²) >= 11 is 0. The molecule has 0 aliphatic carbocycles. The van der Waals surface area contributed by atoms with Crippen molar-refractivity contribution < 1.29 is 0 Å². The topological polar surface area (TPSA) is 48.4 Å². The van der Waals surface area contributed by atoms with Gasteiger partial charge in [-0.2, -0.15) is 0 Å². The van der Waals surface area contributed by atoms with Crippen LogP contribution >= 0.6 is 0 Å². The quantitative estimate of drug-likeness (QED) is 0.466. The second-order valence-electron chi connectivity index (χ2n) is 9.20. The van der Waals surface area contributed by atoms with E-state index in [0.29, 0.717) is 11.8 Å². The molecular weight excluding hydrogens is 382 g/mol. The van der Waals surface area contributed by atoms with E-state index in [9.17, 15) is 0 Å². The standard InChI is InChI=1S/C26H33N5/c1-18(2)25-22-16-20(19-8-12-30(13-9-19)14-10-27-3)4-6-23(22)29-26(25)21-5-7-24-28-11-15-31(24)17-21/h4-7,11,15-19,27,29H,8-10,12-14H2,1-3H3. The third kappa shape index (κ3) is 3.88. The Morgan fingerprint density at radius 1 is 1.16 bits per heavy atom. The van der Waals surface area contributed by atoms with E-state index in [1.807, 2.05) is 19.4 Å².